The summed E-state index contributed by atoms with van der Waals surface area (Å²) in [6, 6.07) is 7.20. The largest absolute Gasteiger partial charge is 0.322 e. The number of benzene rings is 1. The molecule has 0 bridgehead atoms. The summed E-state index contributed by atoms with van der Waals surface area (Å²) in [4.78, 5) is 23.6. The summed E-state index contributed by atoms with van der Waals surface area (Å²) in [5, 5.41) is 5.05. The van der Waals surface area contributed by atoms with Gasteiger partial charge < -0.3 is 5.32 Å². The Morgan fingerprint density at radius 3 is 2.41 bits per heavy atom. The van der Waals surface area contributed by atoms with Crippen LogP contribution in [-0.4, -0.2) is 11.9 Å². The summed E-state index contributed by atoms with van der Waals surface area (Å²) in [5.74, 6) is -0.303. The lowest BCUT2D eigenvalue weighted by Crippen LogP contribution is -2.43. The minimum Gasteiger partial charge on any atom is -0.319 e. The van der Waals surface area contributed by atoms with Crippen molar-refractivity contribution in [3.05, 3.63) is 66.3 Å². The molecule has 0 saturated carbocycles. The summed E-state index contributed by atoms with van der Waals surface area (Å²) in [5.41, 5.74) is 1.87. The van der Waals surface area contributed by atoms with E-state index in [1.807, 2.05) is 56.3 Å². The number of rotatable bonds is 5. The van der Waals surface area contributed by atoms with Crippen molar-refractivity contribution < 1.29 is 9.59 Å². The van der Waals surface area contributed by atoms with E-state index in [2.05, 4.69) is 17.2 Å². The first-order valence-electron chi connectivity index (χ1n) is 7.27. The second-order valence-corrected chi connectivity index (χ2v) is 5.10. The maximum atomic E-state index is 12.1. The molecule has 1 atom stereocenters. The molecule has 0 unspecified atom stereocenters. The number of allylic oxidation sites excluding steroid dienone is 5. The molecule has 1 aromatic carbocycles. The molecule has 114 valence electrons. The number of amides is 3. The first kappa shape index (κ1) is 15.8. The van der Waals surface area contributed by atoms with E-state index in [9.17, 15) is 9.59 Å². The van der Waals surface area contributed by atoms with E-state index < -0.39 is 11.6 Å². The lowest BCUT2D eigenvalue weighted by Gasteiger charge is -2.25. The van der Waals surface area contributed by atoms with Gasteiger partial charge in [-0.05, 0) is 30.0 Å². The molecule has 1 aromatic rings. The molecule has 1 aliphatic heterocycles. The molecule has 3 amide bonds. The number of hydrogen-bond acceptors (Lipinski definition) is 2. The number of nitrogens with one attached hydrogen (secondary N) is 2. The van der Waals surface area contributed by atoms with Gasteiger partial charge in [0.15, 0.2) is 0 Å². The highest BCUT2D eigenvalue weighted by Gasteiger charge is 2.46. The Morgan fingerprint density at radius 2 is 1.95 bits per heavy atom. The van der Waals surface area contributed by atoms with Crippen LogP contribution in [0.1, 0.15) is 31.4 Å². The van der Waals surface area contributed by atoms with Gasteiger partial charge in [-0.1, -0.05) is 62.1 Å². The first-order chi connectivity index (χ1) is 10.6. The minimum absolute atomic E-state index is 0.303. The molecule has 0 spiro atoms. The summed E-state index contributed by atoms with van der Waals surface area (Å²) in [6.07, 6.45) is 8.11. The number of urea groups is 1. The van der Waals surface area contributed by atoms with Gasteiger partial charge in [-0.15, -0.1) is 0 Å². The fourth-order valence-corrected chi connectivity index (χ4v) is 2.65. The van der Waals surface area contributed by atoms with E-state index in [1.165, 1.54) is 0 Å². The Kier molecular flexibility index (Phi) is 4.61. The molecule has 0 radical (unpaired) electrons. The van der Waals surface area contributed by atoms with Crippen molar-refractivity contribution in [2.24, 2.45) is 0 Å². The van der Waals surface area contributed by atoms with Crippen molar-refractivity contribution in [3.8, 4) is 0 Å². The van der Waals surface area contributed by atoms with Gasteiger partial charge in [0.2, 0.25) is 0 Å². The van der Waals surface area contributed by atoms with Crippen LogP contribution in [0.5, 0.6) is 0 Å². The molecule has 1 saturated heterocycles. The Bertz CT molecular complexity index is 656. The van der Waals surface area contributed by atoms with Crippen LogP contribution < -0.4 is 10.6 Å². The number of imide groups is 1. The summed E-state index contributed by atoms with van der Waals surface area (Å²) in [6.45, 7) is 7.55. The monoisotopic (exact) mass is 296 g/mol. The Hall–Kier alpha value is -2.62. The maximum absolute atomic E-state index is 12.1. The Morgan fingerprint density at radius 1 is 1.27 bits per heavy atom. The number of carbonyl (C=O) groups is 2. The lowest BCUT2D eigenvalue weighted by molar-refractivity contribution is -0.124. The average molecular weight is 296 g/mol. The third-order valence-electron chi connectivity index (χ3n) is 3.83. The average Bonchev–Trinajstić information content (AvgIpc) is 2.82. The highest BCUT2D eigenvalue weighted by molar-refractivity contribution is 6.07. The fraction of sp³-hybridized carbons (Fsp3) is 0.222. The quantitative estimate of drug-likeness (QED) is 0.647. The van der Waals surface area contributed by atoms with Gasteiger partial charge in [0.1, 0.15) is 5.54 Å². The number of carbonyl (C=O) groups excluding carboxylic acids is 2. The normalized spacial score (nSPS) is 21.8. The van der Waals surface area contributed by atoms with E-state index in [1.54, 1.807) is 6.08 Å². The summed E-state index contributed by atoms with van der Waals surface area (Å²) in [7, 11) is 0. The lowest BCUT2D eigenvalue weighted by atomic mass is 9.86. The molecule has 1 aliphatic rings. The molecular formula is C18H20N2O2. The molecule has 1 fully saturated rings. The second-order valence-electron chi connectivity index (χ2n) is 5.10. The predicted molar refractivity (Wildman–Crippen MR) is 88.1 cm³/mol. The van der Waals surface area contributed by atoms with Crippen LogP contribution in [-0.2, 0) is 10.3 Å². The fourth-order valence-electron chi connectivity index (χ4n) is 2.65. The van der Waals surface area contributed by atoms with Gasteiger partial charge in [-0.2, -0.15) is 0 Å². The van der Waals surface area contributed by atoms with Crippen molar-refractivity contribution in [3.63, 3.8) is 0 Å². The maximum Gasteiger partial charge on any atom is 0.322 e. The van der Waals surface area contributed by atoms with Crippen molar-refractivity contribution in [1.82, 2.24) is 10.6 Å². The second kappa shape index (κ2) is 6.43. The van der Waals surface area contributed by atoms with Gasteiger partial charge in [0, 0.05) is 0 Å². The molecule has 2 rings (SSSR count). The zero-order valence-electron chi connectivity index (χ0n) is 12.8. The standard InChI is InChI=1S/C18H20N2O2/c1-4-7-13(8-5-2)14-9-11-15(12-10-14)18(6-3)16(21)19-17(22)20-18/h4-5,7-12H,1,6H2,2-3H3,(H2,19,20,21,22)/b8-5-,13-7+/t18-/m0/s1. The molecule has 0 aromatic heterocycles. The summed E-state index contributed by atoms with van der Waals surface area (Å²) >= 11 is 0. The van der Waals surface area contributed by atoms with Crippen molar-refractivity contribution >= 4 is 17.5 Å². The number of hydrogen-bond donors (Lipinski definition) is 2. The smallest absolute Gasteiger partial charge is 0.319 e. The molecule has 22 heavy (non-hydrogen) atoms. The minimum atomic E-state index is -0.974. The Labute approximate surface area is 130 Å². The van der Waals surface area contributed by atoms with E-state index in [0.29, 0.717) is 6.42 Å². The van der Waals surface area contributed by atoms with Crippen molar-refractivity contribution in [1.29, 1.82) is 0 Å². The van der Waals surface area contributed by atoms with Crippen LogP contribution in [0.25, 0.3) is 5.57 Å². The van der Waals surface area contributed by atoms with E-state index in [0.717, 1.165) is 16.7 Å². The zero-order chi connectivity index (χ0) is 16.2. The van der Waals surface area contributed by atoms with E-state index in [-0.39, 0.29) is 5.91 Å². The third kappa shape index (κ3) is 2.72. The molecule has 1 heterocycles. The summed E-state index contributed by atoms with van der Waals surface area (Å²) < 4.78 is 0. The highest BCUT2D eigenvalue weighted by Crippen LogP contribution is 2.29. The first-order valence-corrected chi connectivity index (χ1v) is 7.27. The van der Waals surface area contributed by atoms with Crippen molar-refractivity contribution in [2.45, 2.75) is 25.8 Å². The molecule has 4 nitrogen and oxygen atoms in total. The van der Waals surface area contributed by atoms with Crippen LogP contribution in [0, 0.1) is 0 Å². The van der Waals surface area contributed by atoms with Crippen LogP contribution in [0.3, 0.4) is 0 Å². The van der Waals surface area contributed by atoms with Gasteiger partial charge in [0.05, 0.1) is 0 Å². The van der Waals surface area contributed by atoms with Crippen LogP contribution >= 0.6 is 0 Å². The molecule has 2 N–H and O–H groups in total. The van der Waals surface area contributed by atoms with E-state index in [4.69, 9.17) is 0 Å². The van der Waals surface area contributed by atoms with Crippen LogP contribution in [0.2, 0.25) is 0 Å². The third-order valence-corrected chi connectivity index (χ3v) is 3.83. The van der Waals surface area contributed by atoms with Gasteiger partial charge >= 0.3 is 6.03 Å². The Balaban J connectivity index is 2.40. The van der Waals surface area contributed by atoms with E-state index >= 15 is 0 Å². The highest BCUT2D eigenvalue weighted by atomic mass is 16.2. The SMILES string of the molecule is C=C/C=C(\C=C/C)c1ccc([C@]2(CC)NC(=O)NC2=O)cc1. The predicted octanol–water partition coefficient (Wildman–Crippen LogP) is 3.28. The topological polar surface area (TPSA) is 58.2 Å². The van der Waals surface area contributed by atoms with Crippen LogP contribution in [0.4, 0.5) is 4.79 Å². The molecular weight excluding hydrogens is 276 g/mol. The molecule has 0 aliphatic carbocycles. The zero-order valence-corrected chi connectivity index (χ0v) is 12.8. The van der Waals surface area contributed by atoms with Crippen molar-refractivity contribution in [2.75, 3.05) is 0 Å². The van der Waals surface area contributed by atoms with Gasteiger partial charge in [0.25, 0.3) is 5.91 Å². The van der Waals surface area contributed by atoms with Gasteiger partial charge in [-0.3, -0.25) is 10.1 Å². The van der Waals surface area contributed by atoms with Crippen LogP contribution in [0.15, 0.2) is 55.1 Å². The van der Waals surface area contributed by atoms with Gasteiger partial charge in [-0.25, -0.2) is 4.79 Å². The molecule has 4 heteroatoms.